The molecule has 36 heavy (non-hydrogen) atoms. The molecule has 0 bridgehead atoms. The molecule has 0 aliphatic carbocycles. The highest BCUT2D eigenvalue weighted by molar-refractivity contribution is 5.91. The third-order valence-electron chi connectivity index (χ3n) is 5.92. The summed E-state index contributed by atoms with van der Waals surface area (Å²) in [4.78, 5) is 54.4. The van der Waals surface area contributed by atoms with Gasteiger partial charge in [-0.3, -0.25) is 9.59 Å². The van der Waals surface area contributed by atoms with E-state index in [1.165, 1.54) is 16.9 Å². The maximum absolute atomic E-state index is 13.2. The molecule has 1 saturated heterocycles. The SMILES string of the molecule is C=CCN(C(=O)OC(C)(C)C)C(C)CC(=O)N1CCC[C@H]1C(=O)N[C@@H](Cc1ccccc1)C(=O)OC. The maximum Gasteiger partial charge on any atom is 0.410 e. The van der Waals surface area contributed by atoms with Gasteiger partial charge in [0.25, 0.3) is 0 Å². The number of amides is 3. The van der Waals surface area contributed by atoms with E-state index >= 15 is 0 Å². The van der Waals surface area contributed by atoms with Crippen molar-refractivity contribution in [2.24, 2.45) is 0 Å². The molecule has 1 heterocycles. The summed E-state index contributed by atoms with van der Waals surface area (Å²) in [5.74, 6) is -1.18. The fraction of sp³-hybridized carbons (Fsp3) is 0.556. The van der Waals surface area contributed by atoms with Crippen LogP contribution in [0.1, 0.15) is 52.5 Å². The van der Waals surface area contributed by atoms with Crippen LogP contribution in [0.5, 0.6) is 0 Å². The summed E-state index contributed by atoms with van der Waals surface area (Å²) in [6, 6.07) is 7.31. The lowest BCUT2D eigenvalue weighted by Gasteiger charge is -2.32. The highest BCUT2D eigenvalue weighted by Crippen LogP contribution is 2.21. The van der Waals surface area contributed by atoms with Crippen molar-refractivity contribution < 1.29 is 28.7 Å². The van der Waals surface area contributed by atoms with Crippen LogP contribution in [0.25, 0.3) is 0 Å². The van der Waals surface area contributed by atoms with E-state index in [0.29, 0.717) is 19.4 Å². The van der Waals surface area contributed by atoms with Crippen molar-refractivity contribution in [1.29, 1.82) is 0 Å². The number of rotatable bonds is 10. The number of ether oxygens (including phenoxy) is 2. The van der Waals surface area contributed by atoms with E-state index < -0.39 is 41.7 Å². The van der Waals surface area contributed by atoms with Gasteiger partial charge in [0.05, 0.1) is 7.11 Å². The van der Waals surface area contributed by atoms with Crippen LogP contribution in [0.15, 0.2) is 43.0 Å². The molecule has 9 heteroatoms. The zero-order chi connectivity index (χ0) is 26.9. The summed E-state index contributed by atoms with van der Waals surface area (Å²) in [5.41, 5.74) is 0.208. The molecule has 3 amide bonds. The molecule has 1 aromatic rings. The molecule has 0 radical (unpaired) electrons. The van der Waals surface area contributed by atoms with Crippen molar-refractivity contribution in [1.82, 2.24) is 15.1 Å². The Balaban J connectivity index is 2.07. The van der Waals surface area contributed by atoms with E-state index in [9.17, 15) is 19.2 Å². The average Bonchev–Trinajstić information content (AvgIpc) is 3.31. The molecule has 9 nitrogen and oxygen atoms in total. The lowest BCUT2D eigenvalue weighted by molar-refractivity contribution is -0.146. The number of methoxy groups -OCH3 is 1. The van der Waals surface area contributed by atoms with E-state index in [2.05, 4.69) is 11.9 Å². The van der Waals surface area contributed by atoms with E-state index in [-0.39, 0.29) is 25.3 Å². The molecule has 1 fully saturated rings. The molecule has 198 valence electrons. The van der Waals surface area contributed by atoms with Crippen molar-refractivity contribution in [3.8, 4) is 0 Å². The molecule has 1 N–H and O–H groups in total. The standard InChI is InChI=1S/C27H39N3O6/c1-7-15-29(26(34)36-27(3,4)5)19(2)17-23(31)30-16-11-14-22(30)24(32)28-21(25(33)35-6)18-20-12-9-8-10-13-20/h7-10,12-13,19,21-22H,1,11,14-18H2,2-6H3,(H,28,32)/t19?,21-,22-/m0/s1. The molecule has 0 saturated carbocycles. The fourth-order valence-electron chi connectivity index (χ4n) is 4.17. The summed E-state index contributed by atoms with van der Waals surface area (Å²) in [6.07, 6.45) is 2.53. The summed E-state index contributed by atoms with van der Waals surface area (Å²) in [7, 11) is 1.28. The number of nitrogens with one attached hydrogen (secondary N) is 1. The number of esters is 1. The van der Waals surface area contributed by atoms with Crippen molar-refractivity contribution in [2.45, 2.75) is 77.1 Å². The number of carbonyl (C=O) groups excluding carboxylic acids is 4. The van der Waals surface area contributed by atoms with Crippen LogP contribution < -0.4 is 5.32 Å². The minimum absolute atomic E-state index is 0.0291. The molecule has 1 aliphatic rings. The molecular formula is C27H39N3O6. The van der Waals surface area contributed by atoms with E-state index in [4.69, 9.17) is 9.47 Å². The van der Waals surface area contributed by atoms with Gasteiger partial charge in [0.2, 0.25) is 11.8 Å². The zero-order valence-corrected chi connectivity index (χ0v) is 22.0. The number of likely N-dealkylation sites (tertiary alicyclic amines) is 1. The van der Waals surface area contributed by atoms with Crippen LogP contribution >= 0.6 is 0 Å². The second-order valence-corrected chi connectivity index (χ2v) is 9.99. The molecule has 1 aromatic carbocycles. The van der Waals surface area contributed by atoms with Gasteiger partial charge in [-0.2, -0.15) is 0 Å². The number of hydrogen-bond donors (Lipinski definition) is 1. The number of carbonyl (C=O) groups is 4. The minimum Gasteiger partial charge on any atom is -0.467 e. The third-order valence-corrected chi connectivity index (χ3v) is 5.92. The van der Waals surface area contributed by atoms with Crippen molar-refractivity contribution in [3.05, 3.63) is 48.6 Å². The highest BCUT2D eigenvalue weighted by Gasteiger charge is 2.37. The van der Waals surface area contributed by atoms with Gasteiger partial charge in [-0.05, 0) is 46.1 Å². The second kappa shape index (κ2) is 13.1. The number of nitrogens with zero attached hydrogens (tertiary/aromatic N) is 2. The molecule has 1 aliphatic heterocycles. The number of benzene rings is 1. The van der Waals surface area contributed by atoms with Gasteiger partial charge in [0, 0.05) is 32.0 Å². The van der Waals surface area contributed by atoms with Gasteiger partial charge in [-0.25, -0.2) is 9.59 Å². The molecule has 0 spiro atoms. The van der Waals surface area contributed by atoms with Gasteiger partial charge in [0.15, 0.2) is 0 Å². The summed E-state index contributed by atoms with van der Waals surface area (Å²) in [5, 5.41) is 2.78. The summed E-state index contributed by atoms with van der Waals surface area (Å²) >= 11 is 0. The molecule has 3 atom stereocenters. The minimum atomic E-state index is -0.864. The molecule has 1 unspecified atom stereocenters. The Bertz CT molecular complexity index is 927. The highest BCUT2D eigenvalue weighted by atomic mass is 16.6. The largest absolute Gasteiger partial charge is 0.467 e. The Hall–Kier alpha value is -3.36. The van der Waals surface area contributed by atoms with Gasteiger partial charge >= 0.3 is 12.1 Å². The first-order chi connectivity index (χ1) is 17.0. The van der Waals surface area contributed by atoms with Crippen LogP contribution in [0.4, 0.5) is 4.79 Å². The van der Waals surface area contributed by atoms with Gasteiger partial charge in [0.1, 0.15) is 17.7 Å². The topological polar surface area (TPSA) is 105 Å². The number of hydrogen-bond acceptors (Lipinski definition) is 6. The van der Waals surface area contributed by atoms with Crippen LogP contribution in [-0.4, -0.2) is 77.6 Å². The van der Waals surface area contributed by atoms with Crippen LogP contribution in [0.2, 0.25) is 0 Å². The smallest absolute Gasteiger partial charge is 0.410 e. The lowest BCUT2D eigenvalue weighted by atomic mass is 10.1. The summed E-state index contributed by atoms with van der Waals surface area (Å²) < 4.78 is 10.4. The van der Waals surface area contributed by atoms with E-state index in [0.717, 1.165) is 5.56 Å². The Morgan fingerprint density at radius 2 is 1.89 bits per heavy atom. The Kier molecular flexibility index (Phi) is 10.5. The van der Waals surface area contributed by atoms with E-state index in [1.807, 2.05) is 30.3 Å². The monoisotopic (exact) mass is 501 g/mol. The van der Waals surface area contributed by atoms with Gasteiger partial charge < -0.3 is 24.6 Å². The van der Waals surface area contributed by atoms with E-state index in [1.54, 1.807) is 33.8 Å². The maximum atomic E-state index is 13.2. The van der Waals surface area contributed by atoms with Crippen molar-refractivity contribution in [2.75, 3.05) is 20.2 Å². The lowest BCUT2D eigenvalue weighted by Crippen LogP contribution is -2.52. The van der Waals surface area contributed by atoms with Crippen molar-refractivity contribution >= 4 is 23.9 Å². The van der Waals surface area contributed by atoms with Crippen LogP contribution in [-0.2, 0) is 30.3 Å². The quantitative estimate of drug-likeness (QED) is 0.390. The summed E-state index contributed by atoms with van der Waals surface area (Å²) in [6.45, 7) is 11.5. The first-order valence-electron chi connectivity index (χ1n) is 12.3. The van der Waals surface area contributed by atoms with Crippen molar-refractivity contribution in [3.63, 3.8) is 0 Å². The van der Waals surface area contributed by atoms with Gasteiger partial charge in [-0.15, -0.1) is 6.58 Å². The Labute approximate surface area is 213 Å². The van der Waals surface area contributed by atoms with Crippen LogP contribution in [0.3, 0.4) is 0 Å². The zero-order valence-electron chi connectivity index (χ0n) is 22.0. The fourth-order valence-corrected chi connectivity index (χ4v) is 4.17. The van der Waals surface area contributed by atoms with Crippen LogP contribution in [0, 0.1) is 0 Å². The first-order valence-corrected chi connectivity index (χ1v) is 12.3. The third kappa shape index (κ3) is 8.39. The molecular weight excluding hydrogens is 462 g/mol. The Morgan fingerprint density at radius 3 is 2.47 bits per heavy atom. The predicted molar refractivity (Wildman–Crippen MR) is 136 cm³/mol. The van der Waals surface area contributed by atoms with Gasteiger partial charge in [-0.1, -0.05) is 36.4 Å². The average molecular weight is 502 g/mol. The first kappa shape index (κ1) is 28.9. The molecule has 0 aromatic heterocycles. The normalized spacial score (nSPS) is 17.0. The second-order valence-electron chi connectivity index (χ2n) is 9.99. The molecule has 2 rings (SSSR count). The predicted octanol–water partition coefficient (Wildman–Crippen LogP) is 3.08. The Morgan fingerprint density at radius 1 is 1.22 bits per heavy atom.